The first-order valence-corrected chi connectivity index (χ1v) is 4.44. The van der Waals surface area contributed by atoms with Crippen LogP contribution in [0.4, 0.5) is 0 Å². The molecule has 1 aliphatic rings. The van der Waals surface area contributed by atoms with E-state index in [0.29, 0.717) is 12.8 Å². The molecule has 0 spiro atoms. The van der Waals surface area contributed by atoms with E-state index < -0.39 is 5.60 Å². The van der Waals surface area contributed by atoms with Gasteiger partial charge in [0.25, 0.3) is 0 Å². The highest BCUT2D eigenvalue weighted by molar-refractivity contribution is 5.77. The fourth-order valence-corrected chi connectivity index (χ4v) is 2.11. The number of carbonyl (C=O) groups excluding carboxylic acids is 1. The fraction of sp³-hybridized carbons (Fsp3) is 0.889. The van der Waals surface area contributed by atoms with Crippen molar-refractivity contribution in [3.05, 3.63) is 0 Å². The fourth-order valence-electron chi connectivity index (χ4n) is 2.11. The Balaban J connectivity index is 2.60. The largest absolute Gasteiger partial charge is 0.390 e. The standard InChI is InChI=1S/C9H17NO2/c1-6-5-9(2,12)4-3-7(6)8(10)11/h6-7,12H,3-5H2,1-2H3,(H2,10,11). The molecule has 1 aliphatic carbocycles. The Hall–Kier alpha value is -0.570. The van der Waals surface area contributed by atoms with Gasteiger partial charge in [-0.05, 0) is 32.1 Å². The van der Waals surface area contributed by atoms with Crippen LogP contribution in [-0.2, 0) is 4.79 Å². The molecule has 0 saturated heterocycles. The zero-order valence-corrected chi connectivity index (χ0v) is 7.71. The maximum Gasteiger partial charge on any atom is 0.220 e. The van der Waals surface area contributed by atoms with Crippen molar-refractivity contribution >= 4 is 5.91 Å². The number of rotatable bonds is 1. The van der Waals surface area contributed by atoms with Crippen molar-refractivity contribution in [3.63, 3.8) is 0 Å². The van der Waals surface area contributed by atoms with Crippen LogP contribution in [0, 0.1) is 11.8 Å². The van der Waals surface area contributed by atoms with Crippen molar-refractivity contribution < 1.29 is 9.90 Å². The summed E-state index contributed by atoms with van der Waals surface area (Å²) in [5.74, 6) is -0.0468. The molecule has 0 radical (unpaired) electrons. The van der Waals surface area contributed by atoms with Gasteiger partial charge in [-0.15, -0.1) is 0 Å². The summed E-state index contributed by atoms with van der Waals surface area (Å²) in [4.78, 5) is 10.9. The highest BCUT2D eigenvalue weighted by Gasteiger charge is 2.36. The summed E-state index contributed by atoms with van der Waals surface area (Å²) >= 11 is 0. The molecule has 0 heterocycles. The average molecular weight is 171 g/mol. The van der Waals surface area contributed by atoms with E-state index in [0.717, 1.165) is 6.42 Å². The monoisotopic (exact) mass is 171 g/mol. The summed E-state index contributed by atoms with van der Waals surface area (Å²) in [6.45, 7) is 3.80. The van der Waals surface area contributed by atoms with E-state index in [1.807, 2.05) is 13.8 Å². The molecular weight excluding hydrogens is 154 g/mol. The second-order valence-electron chi connectivity index (χ2n) is 4.23. The smallest absolute Gasteiger partial charge is 0.220 e. The van der Waals surface area contributed by atoms with Crippen molar-refractivity contribution in [1.82, 2.24) is 0 Å². The first kappa shape index (κ1) is 9.52. The predicted molar refractivity (Wildman–Crippen MR) is 46.3 cm³/mol. The molecule has 3 N–H and O–H groups in total. The Morgan fingerprint density at radius 1 is 1.67 bits per heavy atom. The van der Waals surface area contributed by atoms with Crippen molar-refractivity contribution in [2.45, 2.75) is 38.7 Å². The number of aliphatic hydroxyl groups is 1. The molecular formula is C9H17NO2. The van der Waals surface area contributed by atoms with Crippen molar-refractivity contribution in [2.24, 2.45) is 17.6 Å². The third kappa shape index (κ3) is 1.97. The number of primary amides is 1. The average Bonchev–Trinajstić information content (AvgIpc) is 1.83. The van der Waals surface area contributed by atoms with Gasteiger partial charge in [0.2, 0.25) is 5.91 Å². The quantitative estimate of drug-likeness (QED) is 0.608. The number of hydrogen-bond donors (Lipinski definition) is 2. The molecule has 0 aromatic heterocycles. The lowest BCUT2D eigenvalue weighted by Crippen LogP contribution is -2.40. The highest BCUT2D eigenvalue weighted by atomic mass is 16.3. The van der Waals surface area contributed by atoms with Crippen LogP contribution >= 0.6 is 0 Å². The zero-order chi connectivity index (χ0) is 9.35. The Bertz CT molecular complexity index is 189. The molecule has 3 unspecified atom stereocenters. The van der Waals surface area contributed by atoms with Gasteiger partial charge in [-0.2, -0.15) is 0 Å². The van der Waals surface area contributed by atoms with Crippen LogP contribution in [-0.4, -0.2) is 16.6 Å². The van der Waals surface area contributed by atoms with Crippen LogP contribution in [0.1, 0.15) is 33.1 Å². The van der Waals surface area contributed by atoms with Crippen LogP contribution in [0.2, 0.25) is 0 Å². The van der Waals surface area contributed by atoms with Crippen LogP contribution in [0.15, 0.2) is 0 Å². The molecule has 3 atom stereocenters. The molecule has 1 amide bonds. The van der Waals surface area contributed by atoms with E-state index in [-0.39, 0.29) is 17.7 Å². The van der Waals surface area contributed by atoms with E-state index in [1.54, 1.807) is 0 Å². The molecule has 1 saturated carbocycles. The second-order valence-corrected chi connectivity index (χ2v) is 4.23. The van der Waals surface area contributed by atoms with Gasteiger partial charge in [-0.3, -0.25) is 4.79 Å². The third-order valence-corrected chi connectivity index (χ3v) is 2.81. The molecule has 0 bridgehead atoms. The van der Waals surface area contributed by atoms with Crippen LogP contribution in [0.25, 0.3) is 0 Å². The van der Waals surface area contributed by atoms with Gasteiger partial charge in [0.1, 0.15) is 0 Å². The van der Waals surface area contributed by atoms with Gasteiger partial charge in [-0.25, -0.2) is 0 Å². The Morgan fingerprint density at radius 2 is 2.25 bits per heavy atom. The lowest BCUT2D eigenvalue weighted by molar-refractivity contribution is -0.126. The Morgan fingerprint density at radius 3 is 2.67 bits per heavy atom. The Kier molecular flexibility index (Phi) is 2.42. The van der Waals surface area contributed by atoms with Crippen LogP contribution in [0.5, 0.6) is 0 Å². The minimum absolute atomic E-state index is 0.0368. The van der Waals surface area contributed by atoms with E-state index in [1.165, 1.54) is 0 Å². The topological polar surface area (TPSA) is 63.3 Å². The summed E-state index contributed by atoms with van der Waals surface area (Å²) in [6, 6.07) is 0. The van der Waals surface area contributed by atoms with Gasteiger partial charge in [0.15, 0.2) is 0 Å². The molecule has 3 heteroatoms. The molecule has 0 aromatic rings. The van der Waals surface area contributed by atoms with Gasteiger partial charge in [0.05, 0.1) is 5.60 Å². The van der Waals surface area contributed by atoms with Gasteiger partial charge < -0.3 is 10.8 Å². The number of nitrogens with two attached hydrogens (primary N) is 1. The number of carbonyl (C=O) groups is 1. The van der Waals surface area contributed by atoms with Gasteiger partial charge in [-0.1, -0.05) is 6.92 Å². The minimum atomic E-state index is -0.592. The summed E-state index contributed by atoms with van der Waals surface area (Å²) in [7, 11) is 0. The van der Waals surface area contributed by atoms with Crippen LogP contribution < -0.4 is 5.73 Å². The summed E-state index contributed by atoms with van der Waals surface area (Å²) in [5.41, 5.74) is 4.63. The van der Waals surface area contributed by atoms with Crippen molar-refractivity contribution in [2.75, 3.05) is 0 Å². The number of amides is 1. The van der Waals surface area contributed by atoms with Gasteiger partial charge >= 0.3 is 0 Å². The Labute approximate surface area is 72.9 Å². The third-order valence-electron chi connectivity index (χ3n) is 2.81. The maximum atomic E-state index is 10.9. The lowest BCUT2D eigenvalue weighted by Gasteiger charge is -2.36. The lowest BCUT2D eigenvalue weighted by atomic mass is 9.73. The summed E-state index contributed by atoms with van der Waals surface area (Å²) in [6.07, 6.45) is 2.09. The van der Waals surface area contributed by atoms with Crippen molar-refractivity contribution in [3.8, 4) is 0 Å². The second kappa shape index (κ2) is 3.05. The molecule has 1 fully saturated rings. The zero-order valence-electron chi connectivity index (χ0n) is 7.71. The van der Waals surface area contributed by atoms with E-state index in [2.05, 4.69) is 0 Å². The SMILES string of the molecule is CC1CC(C)(O)CCC1C(N)=O. The van der Waals surface area contributed by atoms with E-state index in [4.69, 9.17) is 5.73 Å². The summed E-state index contributed by atoms with van der Waals surface area (Å²) < 4.78 is 0. The normalized spacial score (nSPS) is 42.6. The van der Waals surface area contributed by atoms with E-state index in [9.17, 15) is 9.90 Å². The molecule has 70 valence electrons. The first-order chi connectivity index (χ1) is 5.42. The predicted octanol–water partition coefficient (Wildman–Crippen LogP) is 0.659. The maximum absolute atomic E-state index is 10.9. The molecule has 0 aromatic carbocycles. The van der Waals surface area contributed by atoms with Gasteiger partial charge in [0, 0.05) is 5.92 Å². The first-order valence-electron chi connectivity index (χ1n) is 4.44. The molecule has 1 rings (SSSR count). The number of hydrogen-bond acceptors (Lipinski definition) is 2. The molecule has 0 aliphatic heterocycles. The summed E-state index contributed by atoms with van der Waals surface area (Å²) in [5, 5.41) is 9.69. The highest BCUT2D eigenvalue weighted by Crippen LogP contribution is 2.35. The van der Waals surface area contributed by atoms with Crippen LogP contribution in [0.3, 0.4) is 0 Å². The molecule has 3 nitrogen and oxygen atoms in total. The molecule has 12 heavy (non-hydrogen) atoms. The van der Waals surface area contributed by atoms with Crippen molar-refractivity contribution in [1.29, 1.82) is 0 Å². The minimum Gasteiger partial charge on any atom is -0.390 e. The van der Waals surface area contributed by atoms with E-state index >= 15 is 0 Å².